The van der Waals surface area contributed by atoms with Gasteiger partial charge in [0, 0.05) is 0 Å². The Morgan fingerprint density at radius 2 is 2.23 bits per heavy atom. The van der Waals surface area contributed by atoms with Gasteiger partial charge in [-0.25, -0.2) is 4.98 Å². The molecular weight excluding hydrogens is 228 g/mol. The van der Waals surface area contributed by atoms with Crippen LogP contribution in [0.3, 0.4) is 0 Å². The third kappa shape index (κ3) is 1.80. The molecule has 1 heterocycles. The highest BCUT2D eigenvalue weighted by Crippen LogP contribution is 2.19. The van der Waals surface area contributed by atoms with Crippen LogP contribution in [0.25, 0.3) is 11.3 Å². The highest BCUT2D eigenvalue weighted by atomic mass is 79.9. The largest absolute Gasteiger partial charge is 0.333 e. The highest BCUT2D eigenvalue weighted by Gasteiger charge is 2.00. The van der Waals surface area contributed by atoms with E-state index in [1.807, 2.05) is 12.3 Å². The summed E-state index contributed by atoms with van der Waals surface area (Å²) in [5.74, 6) is 0. The van der Waals surface area contributed by atoms with Crippen molar-refractivity contribution in [3.63, 3.8) is 0 Å². The van der Waals surface area contributed by atoms with Crippen LogP contribution >= 0.6 is 15.9 Å². The van der Waals surface area contributed by atoms with Crippen molar-refractivity contribution in [2.75, 3.05) is 0 Å². The molecule has 13 heavy (non-hydrogen) atoms. The van der Waals surface area contributed by atoms with Crippen LogP contribution < -0.4 is 0 Å². The summed E-state index contributed by atoms with van der Waals surface area (Å²) in [5, 5.41) is 0. The summed E-state index contributed by atoms with van der Waals surface area (Å²) in [7, 11) is 0. The Morgan fingerprint density at radius 3 is 2.85 bits per heavy atom. The second kappa shape index (κ2) is 3.34. The van der Waals surface area contributed by atoms with Crippen LogP contribution in [0.5, 0.6) is 0 Å². The Hall–Kier alpha value is -1.09. The molecule has 0 spiro atoms. The van der Waals surface area contributed by atoms with Crippen LogP contribution in [0.1, 0.15) is 5.56 Å². The number of hydrogen-bond acceptors (Lipinski definition) is 1. The Labute approximate surface area is 85.1 Å². The molecule has 2 nitrogen and oxygen atoms in total. The third-order valence-corrected chi connectivity index (χ3v) is 2.28. The molecular formula is C10H9BrN2. The highest BCUT2D eigenvalue weighted by molar-refractivity contribution is 9.10. The fraction of sp³-hybridized carbons (Fsp3) is 0.100. The van der Waals surface area contributed by atoms with Crippen molar-refractivity contribution < 1.29 is 0 Å². The van der Waals surface area contributed by atoms with Gasteiger partial charge >= 0.3 is 0 Å². The number of nitrogens with zero attached hydrogens (tertiary/aromatic N) is 1. The first-order valence-corrected chi connectivity index (χ1v) is 4.82. The lowest BCUT2D eigenvalue weighted by Crippen LogP contribution is -1.78. The van der Waals surface area contributed by atoms with E-state index in [2.05, 4.69) is 51.0 Å². The summed E-state index contributed by atoms with van der Waals surface area (Å²) in [6, 6.07) is 8.31. The van der Waals surface area contributed by atoms with Crippen molar-refractivity contribution in [3.05, 3.63) is 40.8 Å². The summed E-state index contributed by atoms with van der Waals surface area (Å²) in [4.78, 5) is 7.21. The van der Waals surface area contributed by atoms with Gasteiger partial charge in [0.2, 0.25) is 0 Å². The van der Waals surface area contributed by atoms with Gasteiger partial charge in [-0.3, -0.25) is 0 Å². The van der Waals surface area contributed by atoms with E-state index < -0.39 is 0 Å². The Bertz CT molecular complexity index is 420. The summed E-state index contributed by atoms with van der Waals surface area (Å²) < 4.78 is 0.768. The van der Waals surface area contributed by atoms with Crippen molar-refractivity contribution in [2.24, 2.45) is 0 Å². The maximum Gasteiger partial charge on any atom is 0.174 e. The Morgan fingerprint density at radius 1 is 1.38 bits per heavy atom. The topological polar surface area (TPSA) is 28.7 Å². The van der Waals surface area contributed by atoms with Crippen LogP contribution in [0.15, 0.2) is 35.2 Å². The van der Waals surface area contributed by atoms with Crippen molar-refractivity contribution in [3.8, 4) is 11.3 Å². The molecule has 0 saturated carbocycles. The summed E-state index contributed by atoms with van der Waals surface area (Å²) in [5.41, 5.74) is 3.46. The molecule has 0 bridgehead atoms. The van der Waals surface area contributed by atoms with Gasteiger partial charge in [0.05, 0.1) is 11.9 Å². The van der Waals surface area contributed by atoms with E-state index in [0.29, 0.717) is 0 Å². The zero-order valence-electron chi connectivity index (χ0n) is 7.21. The van der Waals surface area contributed by atoms with E-state index in [4.69, 9.17) is 0 Å². The van der Waals surface area contributed by atoms with Gasteiger partial charge in [0.15, 0.2) is 4.73 Å². The van der Waals surface area contributed by atoms with E-state index in [1.165, 1.54) is 11.1 Å². The minimum Gasteiger partial charge on any atom is -0.333 e. The molecule has 66 valence electrons. The number of aryl methyl sites for hydroxylation is 1. The average Bonchev–Trinajstić information content (AvgIpc) is 2.52. The number of nitrogens with one attached hydrogen (secondary N) is 1. The molecule has 0 saturated heterocycles. The number of hydrogen-bond donors (Lipinski definition) is 1. The van der Waals surface area contributed by atoms with Crippen LogP contribution in [-0.4, -0.2) is 9.97 Å². The van der Waals surface area contributed by atoms with Crippen LogP contribution in [0.4, 0.5) is 0 Å². The van der Waals surface area contributed by atoms with Gasteiger partial charge < -0.3 is 4.98 Å². The lowest BCUT2D eigenvalue weighted by atomic mass is 10.1. The molecule has 0 amide bonds. The summed E-state index contributed by atoms with van der Waals surface area (Å²) in [6.07, 6.45) is 1.82. The van der Waals surface area contributed by atoms with Crippen molar-refractivity contribution >= 4 is 15.9 Å². The Balaban J connectivity index is 2.46. The number of aromatic amines is 1. The minimum atomic E-state index is 0.768. The molecule has 0 radical (unpaired) electrons. The van der Waals surface area contributed by atoms with E-state index >= 15 is 0 Å². The zero-order valence-corrected chi connectivity index (χ0v) is 8.80. The second-order valence-corrected chi connectivity index (χ2v) is 3.71. The normalized spacial score (nSPS) is 10.3. The SMILES string of the molecule is Cc1cccc(-c2cnc(Br)[nH]2)c1. The molecule has 2 aromatic rings. The molecule has 0 aliphatic heterocycles. The molecule has 0 atom stereocenters. The van der Waals surface area contributed by atoms with E-state index in [9.17, 15) is 0 Å². The van der Waals surface area contributed by atoms with Crippen molar-refractivity contribution in [1.29, 1.82) is 0 Å². The zero-order chi connectivity index (χ0) is 9.26. The Kier molecular flexibility index (Phi) is 2.19. The molecule has 0 aliphatic rings. The number of aromatic nitrogens is 2. The molecule has 1 aromatic carbocycles. The minimum absolute atomic E-state index is 0.768. The molecule has 0 fully saturated rings. The molecule has 0 aliphatic carbocycles. The lowest BCUT2D eigenvalue weighted by molar-refractivity contribution is 1.24. The second-order valence-electron chi connectivity index (χ2n) is 2.96. The van der Waals surface area contributed by atoms with Gasteiger partial charge in [-0.2, -0.15) is 0 Å². The number of H-pyrrole nitrogens is 1. The third-order valence-electron chi connectivity index (χ3n) is 1.87. The van der Waals surface area contributed by atoms with Gasteiger partial charge in [-0.15, -0.1) is 0 Å². The van der Waals surface area contributed by atoms with Crippen LogP contribution in [-0.2, 0) is 0 Å². The first kappa shape index (κ1) is 8.51. The molecule has 1 aromatic heterocycles. The van der Waals surface area contributed by atoms with E-state index in [1.54, 1.807) is 0 Å². The maximum atomic E-state index is 4.08. The predicted molar refractivity (Wildman–Crippen MR) is 56.5 cm³/mol. The number of halogens is 1. The molecule has 1 N–H and O–H groups in total. The van der Waals surface area contributed by atoms with Gasteiger partial charge in [-0.05, 0) is 34.5 Å². The van der Waals surface area contributed by atoms with Gasteiger partial charge in [0.1, 0.15) is 0 Å². The number of imidazole rings is 1. The average molecular weight is 237 g/mol. The fourth-order valence-corrected chi connectivity index (χ4v) is 1.57. The number of benzene rings is 1. The van der Waals surface area contributed by atoms with Crippen LogP contribution in [0, 0.1) is 6.92 Å². The number of rotatable bonds is 1. The van der Waals surface area contributed by atoms with Crippen LogP contribution in [0.2, 0.25) is 0 Å². The van der Waals surface area contributed by atoms with Gasteiger partial charge in [-0.1, -0.05) is 23.8 Å². The molecule has 2 rings (SSSR count). The first-order valence-electron chi connectivity index (χ1n) is 4.03. The maximum absolute atomic E-state index is 4.08. The standard InChI is InChI=1S/C10H9BrN2/c1-7-3-2-4-8(5-7)9-6-12-10(11)13-9/h2-6H,1H3,(H,12,13). The summed E-state index contributed by atoms with van der Waals surface area (Å²) in [6.45, 7) is 2.08. The molecule has 0 unspecified atom stereocenters. The molecule has 3 heteroatoms. The lowest BCUT2D eigenvalue weighted by Gasteiger charge is -1.97. The monoisotopic (exact) mass is 236 g/mol. The predicted octanol–water partition coefficient (Wildman–Crippen LogP) is 3.15. The first-order chi connectivity index (χ1) is 6.25. The van der Waals surface area contributed by atoms with E-state index in [0.717, 1.165) is 10.4 Å². The van der Waals surface area contributed by atoms with Gasteiger partial charge in [0.25, 0.3) is 0 Å². The van der Waals surface area contributed by atoms with Crippen molar-refractivity contribution in [1.82, 2.24) is 9.97 Å². The quantitative estimate of drug-likeness (QED) is 0.810. The smallest absolute Gasteiger partial charge is 0.174 e. The van der Waals surface area contributed by atoms with Crippen molar-refractivity contribution in [2.45, 2.75) is 6.92 Å². The van der Waals surface area contributed by atoms with E-state index in [-0.39, 0.29) is 0 Å². The fourth-order valence-electron chi connectivity index (χ4n) is 1.26. The summed E-state index contributed by atoms with van der Waals surface area (Å²) >= 11 is 3.28.